The Bertz CT molecular complexity index is 281. The van der Waals surface area contributed by atoms with Crippen LogP contribution in [-0.4, -0.2) is 40.4 Å². The molecule has 0 aromatic heterocycles. The molecule has 7 heteroatoms. The first-order chi connectivity index (χ1) is 7.34. The van der Waals surface area contributed by atoms with E-state index in [4.69, 9.17) is 10.8 Å². The van der Waals surface area contributed by atoms with Gasteiger partial charge in [-0.2, -0.15) is 0 Å². The fourth-order valence-electron chi connectivity index (χ4n) is 0.973. The van der Waals surface area contributed by atoms with Crippen molar-refractivity contribution in [3.63, 3.8) is 0 Å². The summed E-state index contributed by atoms with van der Waals surface area (Å²) >= 11 is 1.06. The van der Waals surface area contributed by atoms with Crippen LogP contribution in [0.3, 0.4) is 0 Å². The molecule has 0 heterocycles. The lowest BCUT2D eigenvalue weighted by Gasteiger charge is -2.17. The quantitative estimate of drug-likeness (QED) is 0.559. The highest BCUT2D eigenvalue weighted by Crippen LogP contribution is 2.03. The van der Waals surface area contributed by atoms with Gasteiger partial charge in [-0.05, 0) is 5.92 Å². The van der Waals surface area contributed by atoms with Crippen molar-refractivity contribution >= 4 is 29.5 Å². The number of rotatable bonds is 7. The Kier molecular flexibility index (Phi) is 6.55. The lowest BCUT2D eigenvalue weighted by atomic mass is 10.1. The van der Waals surface area contributed by atoms with Crippen LogP contribution < -0.4 is 11.1 Å². The van der Waals surface area contributed by atoms with Crippen molar-refractivity contribution in [3.8, 4) is 0 Å². The van der Waals surface area contributed by atoms with E-state index in [2.05, 4.69) is 5.32 Å². The number of aliphatic carboxylic acids is 1. The molecule has 0 radical (unpaired) electrons. The minimum atomic E-state index is -1.07. The van der Waals surface area contributed by atoms with Crippen molar-refractivity contribution in [2.24, 2.45) is 11.7 Å². The summed E-state index contributed by atoms with van der Waals surface area (Å²) in [6.07, 6.45) is 0. The van der Waals surface area contributed by atoms with Crippen LogP contribution in [0.25, 0.3) is 0 Å². The minimum absolute atomic E-state index is 0.0272. The predicted octanol–water partition coefficient (Wildman–Crippen LogP) is -0.570. The fraction of sp³-hybridized carbons (Fsp3) is 0.667. The third kappa shape index (κ3) is 6.28. The van der Waals surface area contributed by atoms with E-state index >= 15 is 0 Å². The summed E-state index contributed by atoms with van der Waals surface area (Å²) in [5, 5.41) is 11.2. The number of primary amides is 1. The average molecular weight is 248 g/mol. The van der Waals surface area contributed by atoms with Gasteiger partial charge in [-0.15, -0.1) is 11.8 Å². The lowest BCUT2D eigenvalue weighted by molar-refractivity contribution is -0.142. The Hall–Kier alpha value is -1.24. The van der Waals surface area contributed by atoms with Crippen molar-refractivity contribution in [2.45, 2.75) is 19.9 Å². The number of thioether (sulfide) groups is 1. The molecule has 0 spiro atoms. The highest BCUT2D eigenvalue weighted by molar-refractivity contribution is 8.00. The van der Waals surface area contributed by atoms with Gasteiger partial charge in [-0.1, -0.05) is 13.8 Å². The SMILES string of the molecule is CC(C)[C@H](NC(=O)CSCC(N)=O)C(=O)O. The van der Waals surface area contributed by atoms with E-state index in [0.717, 1.165) is 11.8 Å². The monoisotopic (exact) mass is 248 g/mol. The van der Waals surface area contributed by atoms with E-state index in [1.807, 2.05) is 0 Å². The molecular formula is C9H16N2O4S. The van der Waals surface area contributed by atoms with Gasteiger partial charge in [0.2, 0.25) is 11.8 Å². The van der Waals surface area contributed by atoms with Gasteiger partial charge in [0.1, 0.15) is 6.04 Å². The molecule has 0 unspecified atom stereocenters. The Morgan fingerprint density at radius 1 is 1.31 bits per heavy atom. The molecule has 0 rings (SSSR count). The van der Waals surface area contributed by atoms with Gasteiger partial charge in [0.05, 0.1) is 11.5 Å². The molecule has 0 bridgehead atoms. The van der Waals surface area contributed by atoms with Crippen LogP contribution in [0.15, 0.2) is 0 Å². The number of nitrogens with two attached hydrogens (primary N) is 1. The van der Waals surface area contributed by atoms with Crippen molar-refractivity contribution in [3.05, 3.63) is 0 Å². The van der Waals surface area contributed by atoms with Crippen LogP contribution >= 0.6 is 11.8 Å². The van der Waals surface area contributed by atoms with E-state index in [1.165, 1.54) is 0 Å². The van der Waals surface area contributed by atoms with E-state index in [-0.39, 0.29) is 17.4 Å². The first-order valence-corrected chi connectivity index (χ1v) is 5.88. The number of carboxylic acid groups (broad SMARTS) is 1. The molecule has 6 nitrogen and oxygen atoms in total. The summed E-state index contributed by atoms with van der Waals surface area (Å²) in [6, 6.07) is -0.901. The highest BCUT2D eigenvalue weighted by Gasteiger charge is 2.23. The molecule has 0 aliphatic carbocycles. The van der Waals surface area contributed by atoms with Crippen LogP contribution in [0, 0.1) is 5.92 Å². The number of carboxylic acids is 1. The van der Waals surface area contributed by atoms with Crippen LogP contribution in [-0.2, 0) is 14.4 Å². The Balaban J connectivity index is 4.01. The number of carbonyl (C=O) groups is 3. The smallest absolute Gasteiger partial charge is 0.326 e. The number of amides is 2. The molecule has 0 aromatic rings. The molecule has 0 aromatic carbocycles. The summed E-state index contributed by atoms with van der Waals surface area (Å²) < 4.78 is 0. The zero-order valence-corrected chi connectivity index (χ0v) is 10.0. The maximum atomic E-state index is 11.3. The zero-order valence-electron chi connectivity index (χ0n) is 9.23. The van der Waals surface area contributed by atoms with Crippen LogP contribution in [0.4, 0.5) is 0 Å². The van der Waals surface area contributed by atoms with Gasteiger partial charge in [-0.3, -0.25) is 9.59 Å². The molecule has 4 N–H and O–H groups in total. The minimum Gasteiger partial charge on any atom is -0.480 e. The fourth-order valence-corrected chi connectivity index (χ4v) is 1.54. The first-order valence-electron chi connectivity index (χ1n) is 4.72. The van der Waals surface area contributed by atoms with Gasteiger partial charge in [0.25, 0.3) is 0 Å². The summed E-state index contributed by atoms with van der Waals surface area (Å²) in [6.45, 7) is 3.41. The first kappa shape index (κ1) is 14.8. The van der Waals surface area contributed by atoms with E-state index in [0.29, 0.717) is 0 Å². The average Bonchev–Trinajstić information content (AvgIpc) is 2.12. The van der Waals surface area contributed by atoms with Gasteiger partial charge >= 0.3 is 5.97 Å². The largest absolute Gasteiger partial charge is 0.480 e. The molecule has 16 heavy (non-hydrogen) atoms. The topological polar surface area (TPSA) is 109 Å². The van der Waals surface area contributed by atoms with E-state index in [9.17, 15) is 14.4 Å². The maximum absolute atomic E-state index is 11.3. The second kappa shape index (κ2) is 7.10. The number of carbonyl (C=O) groups excluding carboxylic acids is 2. The molecule has 0 saturated carbocycles. The van der Waals surface area contributed by atoms with Crippen LogP contribution in [0.5, 0.6) is 0 Å². The number of hydrogen-bond acceptors (Lipinski definition) is 4. The van der Waals surface area contributed by atoms with E-state index < -0.39 is 23.8 Å². The van der Waals surface area contributed by atoms with E-state index in [1.54, 1.807) is 13.8 Å². The second-order valence-corrected chi connectivity index (χ2v) is 4.57. The third-order valence-electron chi connectivity index (χ3n) is 1.73. The van der Waals surface area contributed by atoms with Crippen molar-refractivity contribution < 1.29 is 19.5 Å². The molecule has 2 amide bonds. The molecule has 0 aliphatic rings. The van der Waals surface area contributed by atoms with Gasteiger partial charge in [-0.25, -0.2) is 4.79 Å². The summed E-state index contributed by atoms with van der Waals surface area (Å²) in [7, 11) is 0. The summed E-state index contributed by atoms with van der Waals surface area (Å²) in [4.78, 5) is 32.5. The highest BCUT2D eigenvalue weighted by atomic mass is 32.2. The number of nitrogens with one attached hydrogen (secondary N) is 1. The molecular weight excluding hydrogens is 232 g/mol. The van der Waals surface area contributed by atoms with Crippen molar-refractivity contribution in [2.75, 3.05) is 11.5 Å². The van der Waals surface area contributed by atoms with Crippen LogP contribution in [0.2, 0.25) is 0 Å². The van der Waals surface area contributed by atoms with Crippen LogP contribution in [0.1, 0.15) is 13.8 Å². The molecule has 92 valence electrons. The molecule has 1 atom stereocenters. The molecule has 0 fully saturated rings. The Morgan fingerprint density at radius 3 is 2.25 bits per heavy atom. The summed E-state index contributed by atoms with van der Waals surface area (Å²) in [5.74, 6) is -2.10. The Morgan fingerprint density at radius 2 is 1.88 bits per heavy atom. The van der Waals surface area contributed by atoms with Gasteiger partial charge in [0, 0.05) is 0 Å². The van der Waals surface area contributed by atoms with Gasteiger partial charge in [0.15, 0.2) is 0 Å². The second-order valence-electron chi connectivity index (χ2n) is 3.59. The normalized spacial score (nSPS) is 12.2. The maximum Gasteiger partial charge on any atom is 0.326 e. The molecule has 0 aliphatic heterocycles. The molecule has 0 saturated heterocycles. The predicted molar refractivity (Wildman–Crippen MR) is 60.9 cm³/mol. The standard InChI is InChI=1S/C9H16N2O4S/c1-5(2)8(9(14)15)11-7(13)4-16-3-6(10)12/h5,8H,3-4H2,1-2H3,(H2,10,12)(H,11,13)(H,14,15)/t8-/m0/s1. The number of hydrogen-bond donors (Lipinski definition) is 3. The van der Waals surface area contributed by atoms with Gasteiger partial charge < -0.3 is 16.2 Å². The zero-order chi connectivity index (χ0) is 12.7. The lowest BCUT2D eigenvalue weighted by Crippen LogP contribution is -2.45. The van der Waals surface area contributed by atoms with Crippen molar-refractivity contribution in [1.29, 1.82) is 0 Å². The Labute approximate surface area is 98.0 Å². The summed E-state index contributed by atoms with van der Waals surface area (Å²) in [5.41, 5.74) is 4.89. The third-order valence-corrected chi connectivity index (χ3v) is 2.68. The van der Waals surface area contributed by atoms with Crippen molar-refractivity contribution in [1.82, 2.24) is 5.32 Å².